The molecular weight excluding hydrogens is 176 g/mol. The van der Waals surface area contributed by atoms with E-state index >= 15 is 0 Å². The molecule has 0 aromatic carbocycles. The van der Waals surface area contributed by atoms with Crippen LogP contribution in [-0.2, 0) is 4.43 Å². The van der Waals surface area contributed by atoms with Gasteiger partial charge in [-0.25, -0.2) is 0 Å². The molecular formula is C11H18OSi. The molecule has 0 fully saturated rings. The molecule has 0 aromatic rings. The SMILES string of the molecule is C[Si]1(C)OCC=C1C1=CCCCC1. The van der Waals surface area contributed by atoms with Gasteiger partial charge in [-0.1, -0.05) is 17.7 Å². The molecule has 0 N–H and O–H groups in total. The maximum absolute atomic E-state index is 5.81. The number of hydrogen-bond acceptors (Lipinski definition) is 1. The average Bonchev–Trinajstić information content (AvgIpc) is 2.47. The number of hydrogen-bond donors (Lipinski definition) is 0. The Morgan fingerprint density at radius 1 is 1.23 bits per heavy atom. The lowest BCUT2D eigenvalue weighted by Crippen LogP contribution is -2.30. The first-order valence-electron chi connectivity index (χ1n) is 5.24. The molecule has 2 rings (SSSR count). The molecule has 2 heteroatoms. The van der Waals surface area contributed by atoms with E-state index in [2.05, 4.69) is 25.2 Å². The average molecular weight is 194 g/mol. The summed E-state index contributed by atoms with van der Waals surface area (Å²) >= 11 is 0. The van der Waals surface area contributed by atoms with Crippen LogP contribution in [0.2, 0.25) is 13.1 Å². The highest BCUT2D eigenvalue weighted by Crippen LogP contribution is 2.33. The Labute approximate surface area is 81.6 Å². The van der Waals surface area contributed by atoms with Gasteiger partial charge in [0.2, 0.25) is 8.32 Å². The number of allylic oxidation sites excluding steroid dienone is 3. The smallest absolute Gasteiger partial charge is 0.218 e. The van der Waals surface area contributed by atoms with E-state index < -0.39 is 8.32 Å². The summed E-state index contributed by atoms with van der Waals surface area (Å²) in [4.78, 5) is 0. The van der Waals surface area contributed by atoms with Gasteiger partial charge in [0.25, 0.3) is 0 Å². The van der Waals surface area contributed by atoms with Gasteiger partial charge in [-0.15, -0.1) is 0 Å². The summed E-state index contributed by atoms with van der Waals surface area (Å²) in [6.07, 6.45) is 10.0. The second kappa shape index (κ2) is 3.43. The van der Waals surface area contributed by atoms with Gasteiger partial charge in [0, 0.05) is 0 Å². The van der Waals surface area contributed by atoms with Crippen LogP contribution in [0.15, 0.2) is 22.9 Å². The van der Waals surface area contributed by atoms with E-state index in [9.17, 15) is 0 Å². The van der Waals surface area contributed by atoms with Crippen LogP contribution in [0.4, 0.5) is 0 Å². The predicted molar refractivity (Wildman–Crippen MR) is 58.1 cm³/mol. The third-order valence-electron chi connectivity index (χ3n) is 3.02. The van der Waals surface area contributed by atoms with Crippen molar-refractivity contribution in [3.8, 4) is 0 Å². The first-order chi connectivity index (χ1) is 6.20. The molecule has 72 valence electrons. The minimum absolute atomic E-state index is 0.853. The quantitative estimate of drug-likeness (QED) is 0.583. The summed E-state index contributed by atoms with van der Waals surface area (Å²) in [6.45, 7) is 5.47. The van der Waals surface area contributed by atoms with E-state index in [4.69, 9.17) is 4.43 Å². The highest BCUT2D eigenvalue weighted by Gasteiger charge is 2.33. The van der Waals surface area contributed by atoms with Gasteiger partial charge in [-0.05, 0) is 44.0 Å². The predicted octanol–water partition coefficient (Wildman–Crippen LogP) is 3.19. The zero-order valence-electron chi connectivity index (χ0n) is 8.60. The van der Waals surface area contributed by atoms with Crippen LogP contribution in [0.3, 0.4) is 0 Å². The van der Waals surface area contributed by atoms with Gasteiger partial charge >= 0.3 is 0 Å². The van der Waals surface area contributed by atoms with Crippen molar-refractivity contribution in [3.63, 3.8) is 0 Å². The molecule has 0 spiro atoms. The van der Waals surface area contributed by atoms with Crippen molar-refractivity contribution in [3.05, 3.63) is 22.9 Å². The summed E-state index contributed by atoms with van der Waals surface area (Å²) < 4.78 is 5.81. The second-order valence-electron chi connectivity index (χ2n) is 4.41. The molecule has 13 heavy (non-hydrogen) atoms. The zero-order valence-corrected chi connectivity index (χ0v) is 9.60. The summed E-state index contributed by atoms with van der Waals surface area (Å²) in [7, 11) is -1.46. The van der Waals surface area contributed by atoms with Crippen molar-refractivity contribution in [2.24, 2.45) is 0 Å². The molecule has 0 radical (unpaired) electrons. The lowest BCUT2D eigenvalue weighted by atomic mass is 9.99. The highest BCUT2D eigenvalue weighted by molar-refractivity contribution is 6.80. The fraction of sp³-hybridized carbons (Fsp3) is 0.636. The largest absolute Gasteiger partial charge is 0.409 e. The van der Waals surface area contributed by atoms with Crippen molar-refractivity contribution in [1.82, 2.24) is 0 Å². The third-order valence-corrected chi connectivity index (χ3v) is 5.73. The molecule has 0 amide bonds. The van der Waals surface area contributed by atoms with Gasteiger partial charge < -0.3 is 4.43 Å². The van der Waals surface area contributed by atoms with Crippen LogP contribution in [-0.4, -0.2) is 14.9 Å². The summed E-state index contributed by atoms with van der Waals surface area (Å²) in [5.74, 6) is 0. The molecule has 0 aromatic heterocycles. The fourth-order valence-electron chi connectivity index (χ4n) is 2.26. The van der Waals surface area contributed by atoms with Gasteiger partial charge in [-0.3, -0.25) is 0 Å². The summed E-state index contributed by atoms with van der Waals surface area (Å²) in [5.41, 5.74) is 1.60. The second-order valence-corrected chi connectivity index (χ2v) is 8.26. The van der Waals surface area contributed by atoms with Gasteiger partial charge in [0.05, 0.1) is 6.61 Å². The van der Waals surface area contributed by atoms with Gasteiger partial charge in [-0.2, -0.15) is 0 Å². The molecule has 0 saturated carbocycles. The van der Waals surface area contributed by atoms with Crippen LogP contribution >= 0.6 is 0 Å². The van der Waals surface area contributed by atoms with Crippen LogP contribution in [0.25, 0.3) is 0 Å². The topological polar surface area (TPSA) is 9.23 Å². The first-order valence-corrected chi connectivity index (χ1v) is 8.15. The Kier molecular flexibility index (Phi) is 2.43. The Bertz CT molecular complexity index is 263. The molecule has 1 heterocycles. The summed E-state index contributed by atoms with van der Waals surface area (Å²) in [6, 6.07) is 0. The standard InChI is InChI=1S/C11H18OSi/c1-13(2)11(8-9-12-13)10-6-4-3-5-7-10/h6,8H,3-5,7,9H2,1-2H3. The maximum atomic E-state index is 5.81. The molecule has 1 nitrogen and oxygen atoms in total. The molecule has 2 aliphatic rings. The van der Waals surface area contributed by atoms with E-state index in [-0.39, 0.29) is 0 Å². The zero-order chi connectivity index (χ0) is 9.31. The van der Waals surface area contributed by atoms with E-state index in [0.29, 0.717) is 0 Å². The molecule has 1 aliphatic carbocycles. The minimum Gasteiger partial charge on any atom is -0.409 e. The van der Waals surface area contributed by atoms with E-state index in [1.807, 2.05) is 0 Å². The molecule has 0 bridgehead atoms. The Morgan fingerprint density at radius 2 is 2.08 bits per heavy atom. The Balaban J connectivity index is 2.20. The van der Waals surface area contributed by atoms with Crippen LogP contribution < -0.4 is 0 Å². The van der Waals surface area contributed by atoms with Crippen LogP contribution in [0.5, 0.6) is 0 Å². The third kappa shape index (κ3) is 1.79. The molecule has 0 atom stereocenters. The van der Waals surface area contributed by atoms with Crippen molar-refractivity contribution in [2.45, 2.75) is 38.8 Å². The van der Waals surface area contributed by atoms with Gasteiger partial charge in [0.15, 0.2) is 0 Å². The van der Waals surface area contributed by atoms with Crippen LogP contribution in [0.1, 0.15) is 25.7 Å². The number of rotatable bonds is 1. The minimum atomic E-state index is -1.46. The Morgan fingerprint density at radius 3 is 2.62 bits per heavy atom. The molecule has 1 aliphatic heterocycles. The molecule has 0 unspecified atom stereocenters. The monoisotopic (exact) mass is 194 g/mol. The van der Waals surface area contributed by atoms with Gasteiger partial charge in [0.1, 0.15) is 0 Å². The summed E-state index contributed by atoms with van der Waals surface area (Å²) in [5, 5.41) is 1.58. The van der Waals surface area contributed by atoms with Crippen molar-refractivity contribution < 1.29 is 4.43 Å². The first kappa shape index (κ1) is 9.22. The maximum Gasteiger partial charge on any atom is 0.218 e. The lowest BCUT2D eigenvalue weighted by Gasteiger charge is -2.23. The normalized spacial score (nSPS) is 26.9. The van der Waals surface area contributed by atoms with E-state index in [1.165, 1.54) is 25.7 Å². The molecule has 0 saturated heterocycles. The van der Waals surface area contributed by atoms with E-state index in [1.54, 1.807) is 10.8 Å². The van der Waals surface area contributed by atoms with Crippen molar-refractivity contribution in [2.75, 3.05) is 6.61 Å². The fourth-order valence-corrected chi connectivity index (χ4v) is 4.49. The van der Waals surface area contributed by atoms with Crippen molar-refractivity contribution >= 4 is 8.32 Å². The Hall–Kier alpha value is -0.343. The van der Waals surface area contributed by atoms with E-state index in [0.717, 1.165) is 6.61 Å². The van der Waals surface area contributed by atoms with Crippen molar-refractivity contribution in [1.29, 1.82) is 0 Å². The highest BCUT2D eigenvalue weighted by atomic mass is 28.4. The lowest BCUT2D eigenvalue weighted by molar-refractivity contribution is 0.374. The van der Waals surface area contributed by atoms with Crippen LogP contribution in [0, 0.1) is 0 Å².